The van der Waals surface area contributed by atoms with Gasteiger partial charge in [-0.3, -0.25) is 19.5 Å². The third-order valence-electron chi connectivity index (χ3n) is 4.77. The molecular formula is C22H38N4O3. The first-order valence-electron chi connectivity index (χ1n) is 10.4. The molecule has 1 amide bonds. The molecule has 0 saturated carbocycles. The smallest absolute Gasteiger partial charge is 0.226 e. The fourth-order valence-electron chi connectivity index (χ4n) is 2.95. The van der Waals surface area contributed by atoms with Crippen LogP contribution >= 0.6 is 0 Å². The highest BCUT2D eigenvalue weighted by atomic mass is 16.5. The number of hydrogen-bond acceptors (Lipinski definition) is 6. The molecule has 0 bridgehead atoms. The van der Waals surface area contributed by atoms with Crippen LogP contribution in [0.1, 0.15) is 38.6 Å². The van der Waals surface area contributed by atoms with Gasteiger partial charge >= 0.3 is 0 Å². The normalized spacial score (nSPS) is 13.4. The lowest BCUT2D eigenvalue weighted by Crippen LogP contribution is -2.36. The lowest BCUT2D eigenvalue weighted by Gasteiger charge is -2.22. The zero-order chi connectivity index (χ0) is 22.0. The maximum Gasteiger partial charge on any atom is 0.226 e. The number of hydrogen-bond donors (Lipinski definition) is 1. The van der Waals surface area contributed by atoms with E-state index in [9.17, 15) is 9.59 Å². The lowest BCUT2D eigenvalue weighted by molar-refractivity contribution is -0.125. The van der Waals surface area contributed by atoms with E-state index < -0.39 is 0 Å². The number of carbonyl (C=O) groups excluding carboxylic acids is 2. The van der Waals surface area contributed by atoms with Gasteiger partial charge in [0.1, 0.15) is 11.5 Å². The van der Waals surface area contributed by atoms with Crippen LogP contribution in [-0.2, 0) is 16.1 Å². The van der Waals surface area contributed by atoms with Crippen molar-refractivity contribution in [2.24, 2.45) is 11.8 Å². The molecule has 1 aromatic heterocycles. The van der Waals surface area contributed by atoms with Gasteiger partial charge in [-0.25, -0.2) is 0 Å². The molecule has 1 rings (SSSR count). The molecule has 0 saturated heterocycles. The van der Waals surface area contributed by atoms with Crippen molar-refractivity contribution in [2.75, 3.05) is 47.4 Å². The number of aromatic nitrogens is 1. The maximum atomic E-state index is 12.2. The number of aryl methyl sites for hydroxylation is 1. The SMILES string of the molecule is CCC(=O)C(C)CN(C)Cc1nc(C)ccc1OCC(C)C(=O)NCCN(C)C. The Balaban J connectivity index is 2.66. The molecule has 0 aliphatic rings. The average Bonchev–Trinajstić information content (AvgIpc) is 2.65. The molecule has 0 fully saturated rings. The summed E-state index contributed by atoms with van der Waals surface area (Å²) >= 11 is 0. The summed E-state index contributed by atoms with van der Waals surface area (Å²) in [4.78, 5) is 32.8. The number of likely N-dealkylation sites (N-methyl/N-ethyl adjacent to an activating group) is 1. The molecule has 2 atom stereocenters. The van der Waals surface area contributed by atoms with Crippen LogP contribution in [0.4, 0.5) is 0 Å². The molecule has 0 spiro atoms. The summed E-state index contributed by atoms with van der Waals surface area (Å²) in [6.45, 7) is 10.6. The Kier molecular flexibility index (Phi) is 10.8. The predicted molar refractivity (Wildman–Crippen MR) is 116 cm³/mol. The first kappa shape index (κ1) is 25.0. The van der Waals surface area contributed by atoms with Crippen molar-refractivity contribution in [2.45, 2.75) is 40.7 Å². The molecule has 2 unspecified atom stereocenters. The van der Waals surface area contributed by atoms with Crippen molar-refractivity contribution in [3.63, 3.8) is 0 Å². The molecule has 164 valence electrons. The number of rotatable bonds is 13. The van der Waals surface area contributed by atoms with Crippen LogP contribution in [0.5, 0.6) is 5.75 Å². The number of carbonyl (C=O) groups is 2. The van der Waals surface area contributed by atoms with E-state index >= 15 is 0 Å². The Morgan fingerprint density at radius 3 is 2.48 bits per heavy atom. The van der Waals surface area contributed by atoms with Crippen LogP contribution in [0.25, 0.3) is 0 Å². The Bertz CT molecular complexity index is 663. The van der Waals surface area contributed by atoms with Crippen molar-refractivity contribution in [1.82, 2.24) is 20.1 Å². The maximum absolute atomic E-state index is 12.2. The van der Waals surface area contributed by atoms with Crippen molar-refractivity contribution in [3.8, 4) is 5.75 Å². The van der Waals surface area contributed by atoms with Crippen molar-refractivity contribution in [1.29, 1.82) is 0 Å². The molecule has 7 nitrogen and oxygen atoms in total. The first-order chi connectivity index (χ1) is 13.6. The third kappa shape index (κ3) is 9.37. The Hall–Kier alpha value is -1.99. The number of Topliss-reactive ketones (excluding diaryl/α,β-unsaturated/α-hetero) is 1. The van der Waals surface area contributed by atoms with E-state index in [0.717, 1.165) is 17.9 Å². The molecule has 1 N–H and O–H groups in total. The second-order valence-electron chi connectivity index (χ2n) is 8.12. The Labute approximate surface area is 175 Å². The summed E-state index contributed by atoms with van der Waals surface area (Å²) < 4.78 is 5.95. The lowest BCUT2D eigenvalue weighted by atomic mass is 10.0. The van der Waals surface area contributed by atoms with Gasteiger partial charge in [0, 0.05) is 44.2 Å². The number of pyridine rings is 1. The summed E-state index contributed by atoms with van der Waals surface area (Å²) in [6, 6.07) is 3.81. The number of ketones is 1. The quantitative estimate of drug-likeness (QED) is 0.541. The van der Waals surface area contributed by atoms with Gasteiger partial charge in [0.25, 0.3) is 0 Å². The molecule has 7 heteroatoms. The molecular weight excluding hydrogens is 368 g/mol. The average molecular weight is 407 g/mol. The Morgan fingerprint density at radius 2 is 1.86 bits per heavy atom. The summed E-state index contributed by atoms with van der Waals surface area (Å²) in [6.07, 6.45) is 0.556. The second-order valence-corrected chi connectivity index (χ2v) is 8.12. The minimum Gasteiger partial charge on any atom is -0.491 e. The van der Waals surface area contributed by atoms with Gasteiger partial charge in [-0.05, 0) is 40.2 Å². The molecule has 0 aliphatic heterocycles. The summed E-state index contributed by atoms with van der Waals surface area (Å²) in [5.74, 6) is 0.665. The highest BCUT2D eigenvalue weighted by Crippen LogP contribution is 2.20. The van der Waals surface area contributed by atoms with Crippen LogP contribution in [0.15, 0.2) is 12.1 Å². The van der Waals surface area contributed by atoms with E-state index in [2.05, 4.69) is 15.2 Å². The number of nitrogens with zero attached hydrogens (tertiary/aromatic N) is 3. The second kappa shape index (κ2) is 12.5. The zero-order valence-electron chi connectivity index (χ0n) is 19.1. The van der Waals surface area contributed by atoms with Crippen LogP contribution < -0.4 is 10.1 Å². The number of amides is 1. The monoisotopic (exact) mass is 406 g/mol. The first-order valence-corrected chi connectivity index (χ1v) is 10.4. The molecule has 0 aromatic carbocycles. The van der Waals surface area contributed by atoms with Gasteiger partial charge in [0.15, 0.2) is 0 Å². The molecule has 1 heterocycles. The van der Waals surface area contributed by atoms with Crippen LogP contribution in [0.2, 0.25) is 0 Å². The van der Waals surface area contributed by atoms with E-state index in [1.165, 1.54) is 0 Å². The van der Waals surface area contributed by atoms with E-state index in [1.807, 2.05) is 65.9 Å². The largest absolute Gasteiger partial charge is 0.491 e. The third-order valence-corrected chi connectivity index (χ3v) is 4.77. The van der Waals surface area contributed by atoms with Gasteiger partial charge in [-0.1, -0.05) is 20.8 Å². The van der Waals surface area contributed by atoms with E-state index in [1.54, 1.807) is 0 Å². The van der Waals surface area contributed by atoms with Crippen molar-refractivity contribution >= 4 is 11.7 Å². The van der Waals surface area contributed by atoms with Crippen molar-refractivity contribution < 1.29 is 14.3 Å². The van der Waals surface area contributed by atoms with Crippen LogP contribution in [0, 0.1) is 18.8 Å². The minimum atomic E-state index is -0.258. The summed E-state index contributed by atoms with van der Waals surface area (Å²) in [5, 5.41) is 2.93. The van der Waals surface area contributed by atoms with Gasteiger partial charge in [-0.15, -0.1) is 0 Å². The fourth-order valence-corrected chi connectivity index (χ4v) is 2.95. The zero-order valence-corrected chi connectivity index (χ0v) is 19.1. The molecule has 0 aliphatic carbocycles. The standard InChI is InChI=1S/C22H38N4O3/c1-8-20(27)16(2)13-26(7)14-19-21(10-9-18(4)24-19)29-15-17(3)22(28)23-11-12-25(5)6/h9-10,16-17H,8,11-15H2,1-7H3,(H,23,28). The van der Waals surface area contributed by atoms with Gasteiger partial charge in [0.2, 0.25) is 5.91 Å². The predicted octanol–water partition coefficient (Wildman–Crippen LogP) is 2.13. The van der Waals surface area contributed by atoms with E-state index in [-0.39, 0.29) is 23.5 Å². The van der Waals surface area contributed by atoms with Crippen molar-refractivity contribution in [3.05, 3.63) is 23.5 Å². The summed E-state index contributed by atoms with van der Waals surface area (Å²) in [5.41, 5.74) is 1.73. The minimum absolute atomic E-state index is 0.00920. The van der Waals surface area contributed by atoms with Gasteiger partial charge in [-0.2, -0.15) is 0 Å². The fraction of sp³-hybridized carbons (Fsp3) is 0.682. The highest BCUT2D eigenvalue weighted by molar-refractivity contribution is 5.80. The molecule has 1 aromatic rings. The number of nitrogens with one attached hydrogen (secondary N) is 1. The Morgan fingerprint density at radius 1 is 1.17 bits per heavy atom. The topological polar surface area (TPSA) is 74.8 Å². The van der Waals surface area contributed by atoms with Crippen LogP contribution in [-0.4, -0.2) is 73.9 Å². The summed E-state index contributed by atoms with van der Waals surface area (Å²) in [7, 11) is 5.93. The van der Waals surface area contributed by atoms with Crippen LogP contribution in [0.3, 0.4) is 0 Å². The number of ether oxygens (including phenoxy) is 1. The molecule has 0 radical (unpaired) electrons. The molecule has 29 heavy (non-hydrogen) atoms. The van der Waals surface area contributed by atoms with Gasteiger partial charge < -0.3 is 15.0 Å². The van der Waals surface area contributed by atoms with Gasteiger partial charge in [0.05, 0.1) is 18.2 Å². The highest BCUT2D eigenvalue weighted by Gasteiger charge is 2.18. The van der Waals surface area contributed by atoms with E-state index in [0.29, 0.717) is 38.4 Å². The van der Waals surface area contributed by atoms with E-state index in [4.69, 9.17) is 4.74 Å².